The van der Waals surface area contributed by atoms with E-state index >= 15 is 0 Å². The quantitative estimate of drug-likeness (QED) is 0.205. The molecule has 6 rings (SSSR count). The zero-order chi connectivity index (χ0) is 37.4. The molecular formula is C44H64O7. The minimum atomic E-state index is -0.942. The smallest absolute Gasteiger partial charge is 0.313 e. The number of esters is 2. The highest BCUT2D eigenvalue weighted by atomic mass is 16.6. The van der Waals surface area contributed by atoms with Crippen LogP contribution in [0.4, 0.5) is 0 Å². The van der Waals surface area contributed by atoms with Crippen LogP contribution in [0.15, 0.2) is 42.0 Å². The number of allylic oxidation sites excluding steroid dienone is 2. The molecular weight excluding hydrogens is 640 g/mol. The van der Waals surface area contributed by atoms with Gasteiger partial charge in [-0.05, 0) is 114 Å². The van der Waals surface area contributed by atoms with Crippen molar-refractivity contribution in [3.63, 3.8) is 0 Å². The molecule has 0 radical (unpaired) electrons. The molecule has 1 aromatic rings. The Labute approximate surface area is 306 Å². The van der Waals surface area contributed by atoms with Crippen molar-refractivity contribution >= 4 is 17.9 Å². The number of hydrogen-bond acceptors (Lipinski definition) is 6. The number of carbonyl (C=O) groups is 3. The molecule has 5 aliphatic rings. The van der Waals surface area contributed by atoms with E-state index < -0.39 is 40.4 Å². The van der Waals surface area contributed by atoms with Gasteiger partial charge in [0, 0.05) is 0 Å². The van der Waals surface area contributed by atoms with E-state index in [4.69, 9.17) is 9.47 Å². The fourth-order valence-electron chi connectivity index (χ4n) is 12.8. The highest BCUT2D eigenvalue weighted by Crippen LogP contribution is 2.76. The second kappa shape index (κ2) is 12.7. The molecule has 1 aromatic carbocycles. The van der Waals surface area contributed by atoms with E-state index in [-0.39, 0.29) is 52.3 Å². The molecule has 7 heteroatoms. The topological polar surface area (TPSA) is 110 Å². The van der Waals surface area contributed by atoms with Crippen molar-refractivity contribution in [3.05, 3.63) is 47.5 Å². The van der Waals surface area contributed by atoms with Crippen LogP contribution in [0.2, 0.25) is 0 Å². The first-order chi connectivity index (χ1) is 23.6. The summed E-state index contributed by atoms with van der Waals surface area (Å²) in [5.74, 6) is -0.719. The molecule has 0 aromatic heterocycles. The first kappa shape index (κ1) is 38.1. The first-order valence-corrected chi connectivity index (χ1v) is 19.6. The third kappa shape index (κ3) is 6.29. The Morgan fingerprint density at radius 2 is 1.53 bits per heavy atom. The molecule has 0 unspecified atom stereocenters. The minimum absolute atomic E-state index is 0.0122. The van der Waals surface area contributed by atoms with E-state index in [1.165, 1.54) is 5.57 Å². The fraction of sp³-hybridized carbons (Fsp3) is 0.750. The maximum Gasteiger partial charge on any atom is 0.313 e. The lowest BCUT2D eigenvalue weighted by molar-refractivity contribution is -0.238. The number of carbonyl (C=O) groups excluding carboxylic acids is 2. The van der Waals surface area contributed by atoms with Crippen molar-refractivity contribution in [2.24, 2.45) is 55.7 Å². The summed E-state index contributed by atoms with van der Waals surface area (Å²) in [6, 6.07) is 9.99. The summed E-state index contributed by atoms with van der Waals surface area (Å²) in [5.41, 5.74) is 0.553. The predicted molar refractivity (Wildman–Crippen MR) is 197 cm³/mol. The van der Waals surface area contributed by atoms with Crippen LogP contribution in [-0.2, 0) is 30.5 Å². The molecule has 5 aliphatic carbocycles. The molecule has 0 heterocycles. The van der Waals surface area contributed by atoms with E-state index in [0.29, 0.717) is 18.9 Å². The van der Waals surface area contributed by atoms with Gasteiger partial charge in [0.05, 0.1) is 24.4 Å². The highest BCUT2D eigenvalue weighted by Gasteiger charge is 2.70. The molecule has 4 saturated carbocycles. The van der Waals surface area contributed by atoms with E-state index in [9.17, 15) is 24.6 Å². The molecule has 9 atom stereocenters. The average molecular weight is 705 g/mol. The monoisotopic (exact) mass is 704 g/mol. The lowest BCUT2D eigenvalue weighted by Crippen LogP contribution is -2.67. The summed E-state index contributed by atoms with van der Waals surface area (Å²) in [4.78, 5) is 39.1. The van der Waals surface area contributed by atoms with Gasteiger partial charge < -0.3 is 19.7 Å². The predicted octanol–water partition coefficient (Wildman–Crippen LogP) is 9.31. The maximum atomic E-state index is 14.3. The van der Waals surface area contributed by atoms with E-state index in [1.54, 1.807) is 13.8 Å². The number of carboxylic acids is 1. The van der Waals surface area contributed by atoms with Crippen molar-refractivity contribution in [1.82, 2.24) is 0 Å². The van der Waals surface area contributed by atoms with Crippen LogP contribution in [0.1, 0.15) is 139 Å². The average Bonchev–Trinajstić information content (AvgIpc) is 3.02. The van der Waals surface area contributed by atoms with Crippen molar-refractivity contribution in [2.45, 2.75) is 152 Å². The van der Waals surface area contributed by atoms with Gasteiger partial charge in [-0.2, -0.15) is 0 Å². The number of hydrogen-bond donors (Lipinski definition) is 2. The Balaban J connectivity index is 1.31. The van der Waals surface area contributed by atoms with Gasteiger partial charge in [0.25, 0.3) is 0 Å². The Morgan fingerprint density at radius 3 is 2.20 bits per heavy atom. The number of benzene rings is 1. The van der Waals surface area contributed by atoms with Crippen molar-refractivity contribution in [3.8, 4) is 0 Å². The number of aliphatic carboxylic acids is 1. The van der Waals surface area contributed by atoms with Gasteiger partial charge in [0.15, 0.2) is 0 Å². The van der Waals surface area contributed by atoms with Crippen LogP contribution in [0, 0.1) is 55.7 Å². The molecule has 51 heavy (non-hydrogen) atoms. The Bertz CT molecular complexity index is 1560. The standard InChI is InChI=1S/C44H64O7/c1-38(2)19-21-44(37(49)50-27-28-13-11-10-12-14-28)22-20-42(8)29(30(44)23-38)15-16-33-41(7)24-31(51-35(47)26-39(3,4)25-34(45)46)36(48)40(5,6)32(41)17-18-43(33,42)9/h10-15,30-33,36,48H,16-27H2,1-9H3,(H,45,46)/t30-,31+,32-,33+,36-,41-,42+,43+,44-/m0/s1. The Morgan fingerprint density at radius 1 is 0.863 bits per heavy atom. The maximum absolute atomic E-state index is 14.3. The second-order valence-electron chi connectivity index (χ2n) is 20.3. The summed E-state index contributed by atoms with van der Waals surface area (Å²) in [5, 5.41) is 21.2. The molecule has 0 amide bonds. The number of aliphatic hydroxyl groups excluding tert-OH is 1. The molecule has 282 valence electrons. The summed E-state index contributed by atoms with van der Waals surface area (Å²) >= 11 is 0. The zero-order valence-corrected chi connectivity index (χ0v) is 32.8. The van der Waals surface area contributed by atoms with Crippen LogP contribution >= 0.6 is 0 Å². The largest absolute Gasteiger partial charge is 0.481 e. The molecule has 0 aliphatic heterocycles. The molecule has 4 fully saturated rings. The molecule has 0 saturated heterocycles. The molecule has 2 N–H and O–H groups in total. The SMILES string of the molecule is CC(C)(CC(=O)O)CC(=O)O[C@@H]1C[C@]2(C)[C@H]3CC=C4[C@@H]5CC(C)(C)CC[C@]5(C(=O)OCc5ccccc5)CC[C@@]4(C)[C@]3(C)CC[C@H]2C(C)(C)[C@H]1O. The van der Waals surface area contributed by atoms with E-state index in [2.05, 4.69) is 54.5 Å². The summed E-state index contributed by atoms with van der Waals surface area (Å²) < 4.78 is 12.3. The first-order valence-electron chi connectivity index (χ1n) is 19.6. The third-order valence-corrected chi connectivity index (χ3v) is 15.7. The Hall–Kier alpha value is -2.67. The number of aliphatic hydroxyl groups is 1. The van der Waals surface area contributed by atoms with Crippen molar-refractivity contribution < 1.29 is 34.1 Å². The highest BCUT2D eigenvalue weighted by molar-refractivity contribution is 5.79. The zero-order valence-electron chi connectivity index (χ0n) is 32.8. The van der Waals surface area contributed by atoms with Gasteiger partial charge in [-0.3, -0.25) is 14.4 Å². The van der Waals surface area contributed by atoms with Gasteiger partial charge in [-0.15, -0.1) is 0 Å². The summed E-state index contributed by atoms with van der Waals surface area (Å²) in [6.07, 6.45) is 9.06. The number of rotatable bonds is 8. The summed E-state index contributed by atoms with van der Waals surface area (Å²) in [6.45, 7) is 20.2. The number of carboxylic acid groups (broad SMARTS) is 1. The molecule has 0 bridgehead atoms. The Kier molecular flexibility index (Phi) is 9.50. The van der Waals surface area contributed by atoms with Gasteiger partial charge >= 0.3 is 17.9 Å². The fourth-order valence-corrected chi connectivity index (χ4v) is 12.8. The summed E-state index contributed by atoms with van der Waals surface area (Å²) in [7, 11) is 0. The van der Waals surface area contributed by atoms with Gasteiger partial charge in [-0.1, -0.05) is 104 Å². The normalized spacial score (nSPS) is 39.6. The lowest BCUT2D eigenvalue weighted by atomic mass is 9.33. The van der Waals surface area contributed by atoms with Crippen molar-refractivity contribution in [2.75, 3.05) is 0 Å². The van der Waals surface area contributed by atoms with Crippen LogP contribution in [-0.4, -0.2) is 40.3 Å². The van der Waals surface area contributed by atoms with Crippen molar-refractivity contribution in [1.29, 1.82) is 0 Å². The van der Waals surface area contributed by atoms with Crippen LogP contribution in [0.3, 0.4) is 0 Å². The second-order valence-corrected chi connectivity index (χ2v) is 20.3. The lowest BCUT2D eigenvalue weighted by Gasteiger charge is -2.71. The molecule has 0 spiro atoms. The van der Waals surface area contributed by atoms with Gasteiger partial charge in [-0.25, -0.2) is 0 Å². The van der Waals surface area contributed by atoms with E-state index in [0.717, 1.165) is 56.9 Å². The molecule has 7 nitrogen and oxygen atoms in total. The number of ether oxygens (including phenoxy) is 2. The van der Waals surface area contributed by atoms with Crippen LogP contribution in [0.5, 0.6) is 0 Å². The third-order valence-electron chi connectivity index (χ3n) is 15.7. The van der Waals surface area contributed by atoms with Gasteiger partial charge in [0.2, 0.25) is 0 Å². The van der Waals surface area contributed by atoms with Gasteiger partial charge in [0.1, 0.15) is 12.7 Å². The minimum Gasteiger partial charge on any atom is -0.481 e. The van der Waals surface area contributed by atoms with E-state index in [1.807, 2.05) is 30.3 Å². The van der Waals surface area contributed by atoms with Crippen LogP contribution in [0.25, 0.3) is 0 Å². The number of fused-ring (bicyclic) bond motifs is 7. The van der Waals surface area contributed by atoms with Crippen LogP contribution < -0.4 is 0 Å².